The molecule has 1 fully saturated rings. The van der Waals surface area contributed by atoms with Crippen LogP contribution in [0.3, 0.4) is 0 Å². The quantitative estimate of drug-likeness (QED) is 0.308. The first-order chi connectivity index (χ1) is 17.9. The minimum absolute atomic E-state index is 0.167. The molecular formula is C25H19ClN8O3. The molecule has 1 aliphatic carbocycles. The standard InChI is InChI=1S/C25H19ClN8O3/c26-17-3-6-21(34-14-28-31-32-34)19(12-17)16-7-10-33(22(35)11-16)25(8-9-25)23-27-13-20(30-23)15-1-4-18(5-2-15)29-24(36)37/h1-7,10-14,29H,8-9H2,(H,27,30)(H,36,37). The number of rotatable bonds is 6. The van der Waals surface area contributed by atoms with Crippen molar-refractivity contribution >= 4 is 23.4 Å². The number of tetrazole rings is 1. The number of aromatic nitrogens is 7. The molecule has 0 unspecified atom stereocenters. The van der Waals surface area contributed by atoms with E-state index in [1.165, 1.54) is 11.0 Å². The average Bonchev–Trinajstić information content (AvgIpc) is 3.27. The molecule has 1 saturated carbocycles. The lowest BCUT2D eigenvalue weighted by molar-refractivity contribution is 0.209. The third-order valence-electron chi connectivity index (χ3n) is 6.43. The maximum atomic E-state index is 13.3. The SMILES string of the molecule is O=C(O)Nc1ccc(-c2cnc(C3(n4ccc(-c5cc(Cl)ccc5-n5cnnn5)cc4=O)CC3)[nH]2)cc1. The topological polar surface area (TPSA) is 144 Å². The smallest absolute Gasteiger partial charge is 0.409 e. The molecule has 0 radical (unpaired) electrons. The number of amides is 1. The zero-order valence-electron chi connectivity index (χ0n) is 19.2. The number of aromatic amines is 1. The van der Waals surface area contributed by atoms with Gasteiger partial charge in [-0.3, -0.25) is 10.1 Å². The molecule has 12 heteroatoms. The van der Waals surface area contributed by atoms with Gasteiger partial charge in [-0.1, -0.05) is 23.7 Å². The van der Waals surface area contributed by atoms with Crippen molar-refractivity contribution in [1.29, 1.82) is 0 Å². The Bertz CT molecular complexity index is 1670. The lowest BCUT2D eigenvalue weighted by Crippen LogP contribution is -2.31. The van der Waals surface area contributed by atoms with E-state index in [9.17, 15) is 9.59 Å². The van der Waals surface area contributed by atoms with Crippen molar-refractivity contribution in [3.05, 3.63) is 94.5 Å². The van der Waals surface area contributed by atoms with Gasteiger partial charge in [0.2, 0.25) is 0 Å². The fourth-order valence-electron chi connectivity index (χ4n) is 4.48. The zero-order valence-corrected chi connectivity index (χ0v) is 19.9. The van der Waals surface area contributed by atoms with Crippen LogP contribution in [-0.2, 0) is 5.54 Å². The van der Waals surface area contributed by atoms with E-state index in [1.54, 1.807) is 65.5 Å². The lowest BCUT2D eigenvalue weighted by atomic mass is 10.0. The largest absolute Gasteiger partial charge is 0.465 e. The van der Waals surface area contributed by atoms with E-state index < -0.39 is 11.6 Å². The first kappa shape index (κ1) is 22.7. The van der Waals surface area contributed by atoms with Crippen molar-refractivity contribution in [2.75, 3.05) is 5.32 Å². The normalized spacial score (nSPS) is 13.9. The number of carboxylic acid groups (broad SMARTS) is 1. The van der Waals surface area contributed by atoms with Crippen molar-refractivity contribution in [1.82, 2.24) is 34.7 Å². The van der Waals surface area contributed by atoms with E-state index in [0.29, 0.717) is 27.8 Å². The van der Waals surface area contributed by atoms with Crippen molar-refractivity contribution in [2.45, 2.75) is 18.4 Å². The minimum Gasteiger partial charge on any atom is -0.465 e. The number of anilines is 1. The van der Waals surface area contributed by atoms with Crippen LogP contribution in [0.25, 0.3) is 28.1 Å². The van der Waals surface area contributed by atoms with Crippen LogP contribution in [0.4, 0.5) is 10.5 Å². The molecule has 37 heavy (non-hydrogen) atoms. The lowest BCUT2D eigenvalue weighted by Gasteiger charge is -2.17. The molecule has 0 bridgehead atoms. The molecule has 0 spiro atoms. The van der Waals surface area contributed by atoms with Gasteiger partial charge in [-0.05, 0) is 70.8 Å². The first-order valence-corrected chi connectivity index (χ1v) is 11.7. The summed E-state index contributed by atoms with van der Waals surface area (Å²) < 4.78 is 3.23. The Balaban J connectivity index is 1.32. The summed E-state index contributed by atoms with van der Waals surface area (Å²) in [6.45, 7) is 0. The van der Waals surface area contributed by atoms with Crippen LogP contribution >= 0.6 is 11.6 Å². The average molecular weight is 515 g/mol. The van der Waals surface area contributed by atoms with Crippen LogP contribution in [0, 0.1) is 0 Å². The van der Waals surface area contributed by atoms with Gasteiger partial charge in [0.25, 0.3) is 5.56 Å². The number of carbonyl (C=O) groups is 1. The first-order valence-electron chi connectivity index (χ1n) is 11.4. The van der Waals surface area contributed by atoms with Gasteiger partial charge >= 0.3 is 6.09 Å². The van der Waals surface area contributed by atoms with Crippen molar-refractivity contribution < 1.29 is 9.90 Å². The van der Waals surface area contributed by atoms with Crippen molar-refractivity contribution in [3.8, 4) is 28.1 Å². The van der Waals surface area contributed by atoms with E-state index in [2.05, 4.69) is 30.8 Å². The van der Waals surface area contributed by atoms with Crippen LogP contribution in [0.5, 0.6) is 0 Å². The summed E-state index contributed by atoms with van der Waals surface area (Å²) in [7, 11) is 0. The summed E-state index contributed by atoms with van der Waals surface area (Å²) in [6.07, 6.45) is 5.41. The molecule has 3 aromatic heterocycles. The molecule has 2 aromatic carbocycles. The van der Waals surface area contributed by atoms with E-state index in [0.717, 1.165) is 29.7 Å². The van der Waals surface area contributed by atoms with E-state index in [1.807, 2.05) is 6.07 Å². The van der Waals surface area contributed by atoms with Crippen molar-refractivity contribution in [3.63, 3.8) is 0 Å². The minimum atomic E-state index is -1.12. The van der Waals surface area contributed by atoms with E-state index in [4.69, 9.17) is 16.7 Å². The molecule has 1 amide bonds. The number of halogens is 1. The fourth-order valence-corrected chi connectivity index (χ4v) is 4.65. The predicted octanol–water partition coefficient (Wildman–Crippen LogP) is 4.16. The second kappa shape index (κ2) is 8.71. The van der Waals surface area contributed by atoms with Gasteiger partial charge in [0.15, 0.2) is 0 Å². The number of nitrogens with zero attached hydrogens (tertiary/aromatic N) is 6. The number of pyridine rings is 1. The van der Waals surface area contributed by atoms with Gasteiger partial charge in [0.1, 0.15) is 17.7 Å². The maximum Gasteiger partial charge on any atom is 0.409 e. The predicted molar refractivity (Wildman–Crippen MR) is 136 cm³/mol. The number of hydrogen-bond acceptors (Lipinski definition) is 6. The molecule has 3 N–H and O–H groups in total. The fraction of sp³-hybridized carbons (Fsp3) is 0.120. The molecule has 5 aromatic rings. The highest BCUT2D eigenvalue weighted by Crippen LogP contribution is 2.47. The summed E-state index contributed by atoms with van der Waals surface area (Å²) in [6, 6.07) is 15.7. The molecule has 0 saturated heterocycles. The van der Waals surface area contributed by atoms with Gasteiger partial charge in [0.05, 0.1) is 17.6 Å². The van der Waals surface area contributed by atoms with Crippen molar-refractivity contribution in [2.24, 2.45) is 0 Å². The van der Waals surface area contributed by atoms with E-state index in [-0.39, 0.29) is 5.56 Å². The Kier molecular flexibility index (Phi) is 5.34. The summed E-state index contributed by atoms with van der Waals surface area (Å²) in [4.78, 5) is 32.1. The molecule has 3 heterocycles. The van der Waals surface area contributed by atoms with Crippen LogP contribution in [0.1, 0.15) is 18.7 Å². The van der Waals surface area contributed by atoms with Gasteiger partial charge in [0, 0.05) is 28.5 Å². The third kappa shape index (κ3) is 4.15. The molecular weight excluding hydrogens is 496 g/mol. The zero-order chi connectivity index (χ0) is 25.6. The van der Waals surface area contributed by atoms with Gasteiger partial charge in [-0.2, -0.15) is 4.68 Å². The Morgan fingerprint density at radius 1 is 1.08 bits per heavy atom. The van der Waals surface area contributed by atoms with Crippen LogP contribution in [0.2, 0.25) is 5.02 Å². The highest BCUT2D eigenvalue weighted by molar-refractivity contribution is 6.31. The number of imidazole rings is 1. The second-order valence-corrected chi connectivity index (χ2v) is 9.16. The van der Waals surface area contributed by atoms with Gasteiger partial charge in [-0.25, -0.2) is 9.78 Å². The van der Waals surface area contributed by atoms with Crippen LogP contribution < -0.4 is 10.9 Å². The number of nitrogens with one attached hydrogen (secondary N) is 2. The van der Waals surface area contributed by atoms with Crippen LogP contribution in [-0.4, -0.2) is 45.9 Å². The van der Waals surface area contributed by atoms with E-state index >= 15 is 0 Å². The van der Waals surface area contributed by atoms with Gasteiger partial charge < -0.3 is 14.7 Å². The highest BCUT2D eigenvalue weighted by atomic mass is 35.5. The highest BCUT2D eigenvalue weighted by Gasteiger charge is 2.49. The Morgan fingerprint density at radius 3 is 2.57 bits per heavy atom. The number of benzene rings is 2. The Hall–Kier alpha value is -4.77. The third-order valence-corrected chi connectivity index (χ3v) is 6.67. The molecule has 0 atom stereocenters. The Labute approximate surface area is 214 Å². The molecule has 0 aliphatic heterocycles. The monoisotopic (exact) mass is 514 g/mol. The number of hydrogen-bond donors (Lipinski definition) is 3. The summed E-state index contributed by atoms with van der Waals surface area (Å²) >= 11 is 6.26. The van der Waals surface area contributed by atoms with Crippen LogP contribution in [0.15, 0.2) is 78.1 Å². The molecule has 6 rings (SSSR count). The Morgan fingerprint density at radius 2 is 1.89 bits per heavy atom. The number of H-pyrrole nitrogens is 1. The molecule has 1 aliphatic rings. The second-order valence-electron chi connectivity index (χ2n) is 8.72. The summed E-state index contributed by atoms with van der Waals surface area (Å²) in [5.41, 5.74) is 3.51. The maximum absolute atomic E-state index is 13.3. The summed E-state index contributed by atoms with van der Waals surface area (Å²) in [5.74, 6) is 0.697. The van der Waals surface area contributed by atoms with Gasteiger partial charge in [-0.15, -0.1) is 5.10 Å². The molecule has 184 valence electrons. The molecule has 11 nitrogen and oxygen atoms in total. The summed E-state index contributed by atoms with van der Waals surface area (Å²) in [5, 5.41) is 23.1.